The van der Waals surface area contributed by atoms with Gasteiger partial charge in [0.05, 0.1) is 22.3 Å². The molecule has 0 aromatic carbocycles. The number of rotatable bonds is 5. The molecule has 0 saturated heterocycles. The number of hydrogen-bond donors (Lipinski definition) is 0. The maximum atomic E-state index is 5.75. The topological polar surface area (TPSA) is 27.1 Å². The van der Waals surface area contributed by atoms with Crippen LogP contribution in [-0.4, -0.2) is 15.9 Å². The van der Waals surface area contributed by atoms with E-state index in [1.165, 1.54) is 29.3 Å². The third-order valence-corrected chi connectivity index (χ3v) is 4.44. The molecular formula is C13H21IN2O. The van der Waals surface area contributed by atoms with Crippen LogP contribution in [0.2, 0.25) is 0 Å². The molecule has 0 amide bonds. The van der Waals surface area contributed by atoms with Crippen LogP contribution in [0.1, 0.15) is 57.7 Å². The van der Waals surface area contributed by atoms with Crippen molar-refractivity contribution in [1.82, 2.24) is 9.78 Å². The van der Waals surface area contributed by atoms with Crippen LogP contribution in [0, 0.1) is 3.57 Å². The number of nitrogens with zero attached hydrogens (tertiary/aromatic N) is 2. The van der Waals surface area contributed by atoms with E-state index in [4.69, 9.17) is 4.74 Å². The highest BCUT2D eigenvalue weighted by molar-refractivity contribution is 14.1. The largest absolute Gasteiger partial charge is 0.372 e. The molecule has 17 heavy (non-hydrogen) atoms. The van der Waals surface area contributed by atoms with E-state index in [2.05, 4.69) is 52.4 Å². The summed E-state index contributed by atoms with van der Waals surface area (Å²) in [5.74, 6) is 0. The van der Waals surface area contributed by atoms with Crippen molar-refractivity contribution < 1.29 is 4.74 Å². The third-order valence-electron chi connectivity index (χ3n) is 3.54. The average molecular weight is 348 g/mol. The summed E-state index contributed by atoms with van der Waals surface area (Å²) in [5.41, 5.74) is 1.10. The molecule has 0 radical (unpaired) electrons. The highest BCUT2D eigenvalue weighted by atomic mass is 127. The predicted molar refractivity (Wildman–Crippen MR) is 77.0 cm³/mol. The Morgan fingerprint density at radius 2 is 2.24 bits per heavy atom. The van der Waals surface area contributed by atoms with Gasteiger partial charge in [-0.1, -0.05) is 19.8 Å². The first-order valence-electron chi connectivity index (χ1n) is 6.55. The second-order valence-electron chi connectivity index (χ2n) is 4.87. The highest BCUT2D eigenvalue weighted by Crippen LogP contribution is 2.29. The molecule has 1 aromatic rings. The molecular weight excluding hydrogens is 327 g/mol. The van der Waals surface area contributed by atoms with Crippen molar-refractivity contribution in [1.29, 1.82) is 0 Å². The second-order valence-corrected chi connectivity index (χ2v) is 6.03. The molecule has 3 nitrogen and oxygen atoms in total. The molecule has 1 aliphatic carbocycles. The molecule has 0 N–H and O–H groups in total. The van der Waals surface area contributed by atoms with Crippen molar-refractivity contribution in [3.05, 3.63) is 15.5 Å². The van der Waals surface area contributed by atoms with Crippen LogP contribution < -0.4 is 0 Å². The Bertz CT molecular complexity index is 358. The molecule has 96 valence electrons. The summed E-state index contributed by atoms with van der Waals surface area (Å²) in [5, 5.41) is 4.68. The van der Waals surface area contributed by atoms with E-state index in [-0.39, 0.29) is 0 Å². The molecule has 1 aliphatic rings. The lowest BCUT2D eigenvalue weighted by atomic mass is 10.3. The zero-order valence-electron chi connectivity index (χ0n) is 10.7. The lowest BCUT2D eigenvalue weighted by molar-refractivity contribution is 0.0481. The van der Waals surface area contributed by atoms with Gasteiger partial charge in [0.15, 0.2) is 0 Å². The summed E-state index contributed by atoms with van der Waals surface area (Å²) in [6, 6.07) is 0.626. The van der Waals surface area contributed by atoms with Crippen LogP contribution in [0.3, 0.4) is 0 Å². The van der Waals surface area contributed by atoms with Crippen LogP contribution in [-0.2, 0) is 11.3 Å². The van der Waals surface area contributed by atoms with E-state index in [1.807, 2.05) is 0 Å². The maximum absolute atomic E-state index is 5.75. The molecule has 0 spiro atoms. The summed E-state index contributed by atoms with van der Waals surface area (Å²) in [7, 11) is 0. The summed E-state index contributed by atoms with van der Waals surface area (Å²) < 4.78 is 9.14. The zero-order chi connectivity index (χ0) is 12.3. The minimum absolute atomic E-state index is 0.322. The number of hydrogen-bond acceptors (Lipinski definition) is 2. The van der Waals surface area contributed by atoms with Gasteiger partial charge in [-0.2, -0.15) is 5.10 Å². The Labute approximate surface area is 117 Å². The van der Waals surface area contributed by atoms with Crippen LogP contribution in [0.25, 0.3) is 0 Å². The van der Waals surface area contributed by atoms with Gasteiger partial charge in [0.25, 0.3) is 0 Å². The fourth-order valence-electron chi connectivity index (χ4n) is 2.20. The molecule has 1 heterocycles. The van der Waals surface area contributed by atoms with Gasteiger partial charge in [0.2, 0.25) is 0 Å². The smallest absolute Gasteiger partial charge is 0.101 e. The molecule has 2 rings (SSSR count). The minimum atomic E-state index is 0.322. The van der Waals surface area contributed by atoms with Crippen molar-refractivity contribution >= 4 is 22.6 Å². The molecule has 1 aromatic heterocycles. The van der Waals surface area contributed by atoms with E-state index in [0.29, 0.717) is 18.8 Å². The Morgan fingerprint density at radius 3 is 2.88 bits per heavy atom. The normalized spacial score (nSPS) is 18.8. The Morgan fingerprint density at radius 1 is 1.53 bits per heavy atom. The Kier molecular flexibility index (Phi) is 4.85. The van der Waals surface area contributed by atoms with Crippen LogP contribution >= 0.6 is 22.6 Å². The maximum Gasteiger partial charge on any atom is 0.101 e. The van der Waals surface area contributed by atoms with E-state index in [9.17, 15) is 0 Å². The first kappa shape index (κ1) is 13.3. The molecule has 1 atom stereocenters. The number of halogens is 1. The van der Waals surface area contributed by atoms with E-state index < -0.39 is 0 Å². The molecule has 0 bridgehead atoms. The average Bonchev–Trinajstić information content (AvgIpc) is 2.95. The first-order chi connectivity index (χ1) is 8.20. The van der Waals surface area contributed by atoms with Gasteiger partial charge < -0.3 is 4.74 Å². The third kappa shape index (κ3) is 3.44. The Balaban J connectivity index is 1.97. The fraction of sp³-hybridized carbons (Fsp3) is 0.769. The van der Waals surface area contributed by atoms with Gasteiger partial charge in [0.1, 0.15) is 5.69 Å². The molecule has 0 aliphatic heterocycles. The Hall–Kier alpha value is -0.100. The predicted octanol–water partition coefficient (Wildman–Crippen LogP) is 3.92. The van der Waals surface area contributed by atoms with Crippen LogP contribution in [0.15, 0.2) is 6.20 Å². The molecule has 4 heteroatoms. The SMILES string of the molecule is CCC(C)OCc1nn(C2CCCC2)cc1I. The minimum Gasteiger partial charge on any atom is -0.372 e. The second kappa shape index (κ2) is 6.18. The molecule has 1 fully saturated rings. The summed E-state index contributed by atoms with van der Waals surface area (Å²) in [6.45, 7) is 4.90. The van der Waals surface area contributed by atoms with E-state index in [1.54, 1.807) is 0 Å². The van der Waals surface area contributed by atoms with Gasteiger partial charge in [-0.05, 0) is 48.8 Å². The summed E-state index contributed by atoms with van der Waals surface area (Å²) in [4.78, 5) is 0. The quantitative estimate of drug-likeness (QED) is 0.755. The van der Waals surface area contributed by atoms with Crippen molar-refractivity contribution in [3.8, 4) is 0 Å². The van der Waals surface area contributed by atoms with Crippen LogP contribution in [0.5, 0.6) is 0 Å². The van der Waals surface area contributed by atoms with Crippen molar-refractivity contribution in [2.45, 2.75) is 64.7 Å². The number of aromatic nitrogens is 2. The summed E-state index contributed by atoms with van der Waals surface area (Å²) in [6.07, 6.45) is 8.81. The van der Waals surface area contributed by atoms with Gasteiger partial charge in [-0.15, -0.1) is 0 Å². The lowest BCUT2D eigenvalue weighted by Crippen LogP contribution is -2.09. The van der Waals surface area contributed by atoms with Gasteiger partial charge in [0, 0.05) is 6.20 Å². The molecule has 1 unspecified atom stereocenters. The highest BCUT2D eigenvalue weighted by Gasteiger charge is 2.19. The van der Waals surface area contributed by atoms with E-state index in [0.717, 1.165) is 12.1 Å². The standard InChI is InChI=1S/C13H21IN2O/c1-3-10(2)17-9-13-12(14)8-16(15-13)11-6-4-5-7-11/h8,10-11H,3-7,9H2,1-2H3. The molecule has 1 saturated carbocycles. The van der Waals surface area contributed by atoms with Crippen molar-refractivity contribution in [2.75, 3.05) is 0 Å². The fourth-order valence-corrected chi connectivity index (χ4v) is 2.75. The van der Waals surface area contributed by atoms with Gasteiger partial charge in [-0.25, -0.2) is 0 Å². The van der Waals surface area contributed by atoms with Crippen molar-refractivity contribution in [3.63, 3.8) is 0 Å². The van der Waals surface area contributed by atoms with Crippen molar-refractivity contribution in [2.24, 2.45) is 0 Å². The van der Waals surface area contributed by atoms with Gasteiger partial charge >= 0.3 is 0 Å². The lowest BCUT2D eigenvalue weighted by Gasteiger charge is -2.10. The van der Waals surface area contributed by atoms with Crippen LogP contribution in [0.4, 0.5) is 0 Å². The van der Waals surface area contributed by atoms with E-state index >= 15 is 0 Å². The summed E-state index contributed by atoms with van der Waals surface area (Å²) >= 11 is 2.36. The first-order valence-corrected chi connectivity index (χ1v) is 7.63. The number of ether oxygens (including phenoxy) is 1. The monoisotopic (exact) mass is 348 g/mol. The zero-order valence-corrected chi connectivity index (χ0v) is 12.8. The van der Waals surface area contributed by atoms with Gasteiger partial charge in [-0.3, -0.25) is 4.68 Å².